The number of aliphatic hydroxyl groups excluding tert-OH is 1. The predicted molar refractivity (Wildman–Crippen MR) is 27.6 cm³/mol. The molecule has 0 atom stereocenters. The number of unbranched alkanes of at least 4 members (excludes halogenated alkanes) is 1. The lowest BCUT2D eigenvalue weighted by Gasteiger charge is -1.86. The minimum atomic E-state index is -0.504. The monoisotopic (exact) mass is 118 g/mol. The van der Waals surface area contributed by atoms with Crippen LogP contribution >= 0.6 is 0 Å². The molecule has 1 N–H and O–H groups in total. The van der Waals surface area contributed by atoms with E-state index in [2.05, 4.69) is 0 Å². The Morgan fingerprint density at radius 1 is 1.75 bits per heavy atom. The van der Waals surface area contributed by atoms with Gasteiger partial charge in [0.25, 0.3) is 6.54 Å². The molecule has 0 heterocycles. The third-order valence-electron chi connectivity index (χ3n) is 0.640. The van der Waals surface area contributed by atoms with Crippen LogP contribution in [0.1, 0.15) is 12.8 Å². The highest BCUT2D eigenvalue weighted by molar-refractivity contribution is 4.46. The first-order valence-corrected chi connectivity index (χ1v) is 2.35. The molecule has 4 heteroatoms. The van der Waals surface area contributed by atoms with Crippen LogP contribution in [0.5, 0.6) is 0 Å². The van der Waals surface area contributed by atoms with E-state index in [1.54, 1.807) is 0 Å². The van der Waals surface area contributed by atoms with Gasteiger partial charge in [0, 0.05) is 18.0 Å². The standard InChI is InChI=1S/C4H8NO3/c6-4-2-1-3-5(7)8/h3,6H,1-2,4H2. The van der Waals surface area contributed by atoms with Crippen molar-refractivity contribution in [3.63, 3.8) is 0 Å². The van der Waals surface area contributed by atoms with Crippen LogP contribution in [-0.4, -0.2) is 16.6 Å². The number of hydrogen-bond donors (Lipinski definition) is 1. The smallest absolute Gasteiger partial charge is 0.279 e. The Kier molecular flexibility index (Phi) is 4.16. The number of nitrogens with zero attached hydrogens (tertiary/aromatic N) is 1. The van der Waals surface area contributed by atoms with E-state index in [0.29, 0.717) is 12.8 Å². The molecule has 0 aliphatic heterocycles. The van der Waals surface area contributed by atoms with E-state index in [1.165, 1.54) is 0 Å². The highest BCUT2D eigenvalue weighted by Crippen LogP contribution is 1.91. The number of nitro groups is 1. The van der Waals surface area contributed by atoms with Crippen LogP contribution in [0.15, 0.2) is 0 Å². The molecule has 0 aromatic heterocycles. The zero-order valence-corrected chi connectivity index (χ0v) is 4.41. The van der Waals surface area contributed by atoms with Gasteiger partial charge in [-0.3, -0.25) is 10.1 Å². The fourth-order valence-electron chi connectivity index (χ4n) is 0.288. The summed E-state index contributed by atoms with van der Waals surface area (Å²) in [5, 5.41) is 17.7. The quantitative estimate of drug-likeness (QED) is 0.325. The molecule has 4 nitrogen and oxygen atoms in total. The average molecular weight is 118 g/mol. The Hall–Kier alpha value is -0.640. The van der Waals surface area contributed by atoms with Crippen molar-refractivity contribution >= 4 is 0 Å². The van der Waals surface area contributed by atoms with Crippen LogP contribution in [0.4, 0.5) is 0 Å². The molecular weight excluding hydrogens is 110 g/mol. The number of aliphatic hydroxyl groups is 1. The zero-order valence-electron chi connectivity index (χ0n) is 4.41. The van der Waals surface area contributed by atoms with Crippen molar-refractivity contribution in [1.29, 1.82) is 0 Å². The molecule has 0 aromatic rings. The summed E-state index contributed by atoms with van der Waals surface area (Å²) < 4.78 is 0. The maximum atomic E-state index is 9.54. The second kappa shape index (κ2) is 4.52. The molecule has 0 saturated carbocycles. The van der Waals surface area contributed by atoms with Gasteiger partial charge in [-0.25, -0.2) is 0 Å². The van der Waals surface area contributed by atoms with Crippen LogP contribution in [0.2, 0.25) is 0 Å². The molecule has 0 rings (SSSR count). The summed E-state index contributed by atoms with van der Waals surface area (Å²) in [6, 6.07) is 0. The van der Waals surface area contributed by atoms with Crippen molar-refractivity contribution in [2.45, 2.75) is 12.8 Å². The third kappa shape index (κ3) is 5.36. The minimum Gasteiger partial charge on any atom is -0.396 e. The minimum absolute atomic E-state index is 0.0182. The van der Waals surface area contributed by atoms with Crippen LogP contribution in [0, 0.1) is 16.7 Å². The Morgan fingerprint density at radius 3 is 2.75 bits per heavy atom. The molecule has 0 saturated heterocycles. The van der Waals surface area contributed by atoms with E-state index < -0.39 is 4.92 Å². The summed E-state index contributed by atoms with van der Waals surface area (Å²) in [5.41, 5.74) is 0. The Bertz CT molecular complexity index is 73.7. The van der Waals surface area contributed by atoms with E-state index in [-0.39, 0.29) is 6.61 Å². The first kappa shape index (κ1) is 7.36. The maximum Gasteiger partial charge on any atom is 0.279 e. The number of rotatable bonds is 4. The second-order valence-electron chi connectivity index (χ2n) is 1.33. The maximum absolute atomic E-state index is 9.54. The van der Waals surface area contributed by atoms with Gasteiger partial charge in [0.2, 0.25) is 0 Å². The molecule has 0 fully saturated rings. The predicted octanol–water partition coefficient (Wildman–Crippen LogP) is 0.197. The van der Waals surface area contributed by atoms with Crippen LogP contribution in [0.3, 0.4) is 0 Å². The van der Waals surface area contributed by atoms with Crippen LogP contribution < -0.4 is 0 Å². The third-order valence-corrected chi connectivity index (χ3v) is 0.640. The normalized spacial score (nSPS) is 9.12. The van der Waals surface area contributed by atoms with Crippen LogP contribution in [0.25, 0.3) is 0 Å². The van der Waals surface area contributed by atoms with Crippen LogP contribution in [-0.2, 0) is 0 Å². The molecule has 0 unspecified atom stereocenters. The van der Waals surface area contributed by atoms with Gasteiger partial charge in [0.1, 0.15) is 0 Å². The van der Waals surface area contributed by atoms with Crippen molar-refractivity contribution < 1.29 is 10.0 Å². The van der Waals surface area contributed by atoms with E-state index in [1.807, 2.05) is 0 Å². The van der Waals surface area contributed by atoms with Gasteiger partial charge < -0.3 is 5.11 Å². The molecule has 0 spiro atoms. The second-order valence-corrected chi connectivity index (χ2v) is 1.33. The highest BCUT2D eigenvalue weighted by Gasteiger charge is 1.95. The van der Waals surface area contributed by atoms with Crippen molar-refractivity contribution in [2.24, 2.45) is 0 Å². The lowest BCUT2D eigenvalue weighted by molar-refractivity contribution is -0.438. The Labute approximate surface area is 47.3 Å². The summed E-state index contributed by atoms with van der Waals surface area (Å²) in [7, 11) is 0. The molecule has 0 amide bonds. The fourth-order valence-corrected chi connectivity index (χ4v) is 0.288. The summed E-state index contributed by atoms with van der Waals surface area (Å²) in [4.78, 5) is 9.04. The lowest BCUT2D eigenvalue weighted by Crippen LogP contribution is -1.93. The average Bonchev–Trinajstić information content (AvgIpc) is 1.66. The van der Waals surface area contributed by atoms with Gasteiger partial charge in [-0.05, 0) is 6.42 Å². The van der Waals surface area contributed by atoms with E-state index >= 15 is 0 Å². The summed E-state index contributed by atoms with van der Waals surface area (Å²) in [6.07, 6.45) is 0.824. The van der Waals surface area contributed by atoms with Gasteiger partial charge in [-0.15, -0.1) is 0 Å². The molecular formula is C4H8NO3. The zero-order chi connectivity index (χ0) is 6.41. The van der Waals surface area contributed by atoms with Crippen molar-refractivity contribution in [3.8, 4) is 0 Å². The summed E-state index contributed by atoms with van der Waals surface area (Å²) in [5.74, 6) is 0. The van der Waals surface area contributed by atoms with Crippen molar-refractivity contribution in [2.75, 3.05) is 6.61 Å². The molecule has 0 bridgehead atoms. The molecule has 47 valence electrons. The molecule has 8 heavy (non-hydrogen) atoms. The lowest BCUT2D eigenvalue weighted by atomic mass is 10.3. The molecule has 0 aliphatic rings. The highest BCUT2D eigenvalue weighted by atomic mass is 16.6. The largest absolute Gasteiger partial charge is 0.396 e. The first-order valence-electron chi connectivity index (χ1n) is 2.35. The summed E-state index contributed by atoms with van der Waals surface area (Å²) >= 11 is 0. The Morgan fingerprint density at radius 2 is 2.38 bits per heavy atom. The van der Waals surface area contributed by atoms with E-state index in [4.69, 9.17) is 5.11 Å². The van der Waals surface area contributed by atoms with E-state index in [0.717, 1.165) is 6.54 Å². The SMILES string of the molecule is O=[N+]([O-])[CH]CCCO. The van der Waals surface area contributed by atoms with Gasteiger partial charge in [-0.2, -0.15) is 0 Å². The Balaban J connectivity index is 2.82. The van der Waals surface area contributed by atoms with Gasteiger partial charge in [0.05, 0.1) is 0 Å². The fraction of sp³-hybridized carbons (Fsp3) is 0.750. The molecule has 0 aromatic carbocycles. The number of hydrogen-bond acceptors (Lipinski definition) is 3. The van der Waals surface area contributed by atoms with Gasteiger partial charge in [-0.1, -0.05) is 0 Å². The topological polar surface area (TPSA) is 63.4 Å². The molecule has 1 radical (unpaired) electrons. The first-order chi connectivity index (χ1) is 3.77. The van der Waals surface area contributed by atoms with Gasteiger partial charge in [0.15, 0.2) is 0 Å². The van der Waals surface area contributed by atoms with Crippen molar-refractivity contribution in [3.05, 3.63) is 16.7 Å². The van der Waals surface area contributed by atoms with Crippen molar-refractivity contribution in [1.82, 2.24) is 0 Å². The van der Waals surface area contributed by atoms with Gasteiger partial charge >= 0.3 is 0 Å². The molecule has 0 aliphatic carbocycles. The summed E-state index contributed by atoms with van der Waals surface area (Å²) in [6.45, 7) is 0.959. The van der Waals surface area contributed by atoms with E-state index in [9.17, 15) is 10.1 Å².